The van der Waals surface area contributed by atoms with Crippen LogP contribution in [0.5, 0.6) is 0 Å². The number of fused-ring (bicyclic) bond motifs is 1. The fourth-order valence-corrected chi connectivity index (χ4v) is 4.07. The quantitative estimate of drug-likeness (QED) is 0.819. The molecule has 1 N–H and O–H groups in total. The monoisotopic (exact) mass is 368 g/mol. The number of benzene rings is 2. The lowest BCUT2D eigenvalue weighted by molar-refractivity contribution is -0.118. The lowest BCUT2D eigenvalue weighted by Gasteiger charge is -2.15. The summed E-state index contributed by atoms with van der Waals surface area (Å²) in [4.78, 5) is 22.8. The average Bonchev–Trinajstić information content (AvgIpc) is 2.77. The number of nitrogens with one attached hydrogen (secondary N) is 1. The highest BCUT2D eigenvalue weighted by molar-refractivity contribution is 9.10. The first-order valence-corrected chi connectivity index (χ1v) is 8.18. The molecule has 108 valence electrons. The Balaban J connectivity index is 2.20. The summed E-state index contributed by atoms with van der Waals surface area (Å²) in [5.41, 5.74) is 0. The minimum Gasteiger partial charge on any atom is -0.275 e. The molecule has 8 heteroatoms. The number of rotatable bonds is 2. The zero-order valence-corrected chi connectivity index (χ0v) is 12.9. The maximum atomic E-state index is 12.6. The summed E-state index contributed by atoms with van der Waals surface area (Å²) in [6.07, 6.45) is 0. The lowest BCUT2D eigenvalue weighted by atomic mass is 10.1. The Morgan fingerprint density at radius 1 is 1.14 bits per heavy atom. The summed E-state index contributed by atoms with van der Waals surface area (Å²) < 4.78 is 26.5. The van der Waals surface area contributed by atoms with E-state index in [2.05, 4.69) is 15.9 Å². The van der Waals surface area contributed by atoms with E-state index < -0.39 is 28.5 Å². The van der Waals surface area contributed by atoms with Gasteiger partial charge in [0.05, 0.1) is 4.90 Å². The van der Waals surface area contributed by atoms with Crippen molar-refractivity contribution in [3.63, 3.8) is 0 Å². The molecule has 1 aliphatic heterocycles. The predicted octanol–water partition coefficient (Wildman–Crippen LogP) is 1.84. The smallest absolute Gasteiger partial charge is 0.275 e. The second kappa shape index (κ2) is 4.81. The van der Waals surface area contributed by atoms with E-state index in [1.165, 1.54) is 6.07 Å². The summed E-state index contributed by atoms with van der Waals surface area (Å²) in [7, 11) is -4.08. The molecule has 0 saturated carbocycles. The molecule has 1 aliphatic rings. The van der Waals surface area contributed by atoms with Crippen LogP contribution >= 0.6 is 15.9 Å². The Hall–Kier alpha value is -1.93. The Morgan fingerprint density at radius 2 is 1.90 bits per heavy atom. The first kappa shape index (κ1) is 14.0. The molecule has 3 amide bonds. The van der Waals surface area contributed by atoms with Gasteiger partial charge in [-0.1, -0.05) is 34.1 Å². The van der Waals surface area contributed by atoms with Crippen LogP contribution in [-0.4, -0.2) is 31.2 Å². The number of hydrogen-bond acceptors (Lipinski definition) is 4. The second-order valence-electron chi connectivity index (χ2n) is 4.49. The van der Waals surface area contributed by atoms with E-state index in [1.54, 1.807) is 30.3 Å². The van der Waals surface area contributed by atoms with Crippen LogP contribution in [0.2, 0.25) is 0 Å². The van der Waals surface area contributed by atoms with Crippen molar-refractivity contribution in [1.29, 1.82) is 0 Å². The molecular weight excluding hydrogens is 360 g/mol. The van der Waals surface area contributed by atoms with Crippen molar-refractivity contribution in [3.8, 4) is 0 Å². The van der Waals surface area contributed by atoms with Crippen molar-refractivity contribution < 1.29 is 18.0 Å². The molecule has 1 fully saturated rings. The summed E-state index contributed by atoms with van der Waals surface area (Å²) in [5.74, 6) is -0.633. The molecule has 6 nitrogen and oxygen atoms in total. The number of imide groups is 1. The van der Waals surface area contributed by atoms with Gasteiger partial charge in [0.25, 0.3) is 10.0 Å². The molecule has 3 rings (SSSR count). The number of sulfonamides is 1. The number of carbonyl (C=O) groups is 2. The van der Waals surface area contributed by atoms with Crippen LogP contribution in [0.4, 0.5) is 4.79 Å². The number of hydrogen-bond donors (Lipinski definition) is 1. The van der Waals surface area contributed by atoms with E-state index in [0.717, 1.165) is 9.86 Å². The Morgan fingerprint density at radius 3 is 2.57 bits per heavy atom. The molecule has 0 aliphatic carbocycles. The van der Waals surface area contributed by atoms with Crippen LogP contribution < -0.4 is 5.32 Å². The van der Waals surface area contributed by atoms with Gasteiger partial charge in [0.1, 0.15) is 6.54 Å². The molecule has 21 heavy (non-hydrogen) atoms. The van der Waals surface area contributed by atoms with Crippen molar-refractivity contribution in [2.24, 2.45) is 0 Å². The van der Waals surface area contributed by atoms with Gasteiger partial charge in [-0.05, 0) is 23.6 Å². The number of nitrogens with zero attached hydrogens (tertiary/aromatic N) is 1. The lowest BCUT2D eigenvalue weighted by Crippen LogP contribution is -2.34. The number of amides is 3. The highest BCUT2D eigenvalue weighted by Crippen LogP contribution is 2.28. The minimum atomic E-state index is -4.08. The van der Waals surface area contributed by atoms with E-state index in [1.807, 2.05) is 5.32 Å². The number of urea groups is 1. The maximum absolute atomic E-state index is 12.6. The summed E-state index contributed by atoms with van der Waals surface area (Å²) >= 11 is 3.32. The molecule has 2 aromatic rings. The third kappa shape index (κ3) is 2.30. The van der Waals surface area contributed by atoms with Crippen LogP contribution in [0.15, 0.2) is 45.8 Å². The van der Waals surface area contributed by atoms with E-state index in [-0.39, 0.29) is 4.90 Å². The van der Waals surface area contributed by atoms with Crippen molar-refractivity contribution in [1.82, 2.24) is 9.62 Å². The molecule has 0 atom stereocenters. The van der Waals surface area contributed by atoms with Gasteiger partial charge in [-0.15, -0.1) is 0 Å². The molecule has 0 bridgehead atoms. The fourth-order valence-electron chi connectivity index (χ4n) is 2.19. The Bertz CT molecular complexity index is 879. The topological polar surface area (TPSA) is 83.6 Å². The molecule has 0 radical (unpaired) electrons. The largest absolute Gasteiger partial charge is 0.338 e. The van der Waals surface area contributed by atoms with Crippen LogP contribution in [0.1, 0.15) is 0 Å². The first-order valence-electron chi connectivity index (χ1n) is 5.94. The van der Waals surface area contributed by atoms with Crippen LogP contribution in [0.25, 0.3) is 10.8 Å². The van der Waals surface area contributed by atoms with Gasteiger partial charge < -0.3 is 0 Å². The summed E-state index contributed by atoms with van der Waals surface area (Å²) in [6, 6.07) is 9.02. The molecule has 1 heterocycles. The van der Waals surface area contributed by atoms with Gasteiger partial charge in [-0.2, -0.15) is 0 Å². The third-order valence-corrected chi connectivity index (χ3v) is 5.41. The zero-order valence-electron chi connectivity index (χ0n) is 10.5. The predicted molar refractivity (Wildman–Crippen MR) is 79.1 cm³/mol. The van der Waals surface area contributed by atoms with Gasteiger partial charge >= 0.3 is 6.03 Å². The maximum Gasteiger partial charge on any atom is 0.338 e. The van der Waals surface area contributed by atoms with Crippen molar-refractivity contribution in [2.45, 2.75) is 4.90 Å². The Kier molecular flexibility index (Phi) is 3.22. The summed E-state index contributed by atoms with van der Waals surface area (Å²) in [5, 5.41) is 3.17. The molecule has 0 unspecified atom stereocenters. The second-order valence-corrected chi connectivity index (χ2v) is 7.23. The molecule has 2 aromatic carbocycles. The molecular formula is C13H9BrN2O4S. The zero-order chi connectivity index (χ0) is 15.2. The van der Waals surface area contributed by atoms with Gasteiger partial charge in [-0.25, -0.2) is 17.5 Å². The van der Waals surface area contributed by atoms with Crippen molar-refractivity contribution >= 4 is 48.7 Å². The standard InChI is InChI=1S/C13H9BrN2O4S/c14-9-4-5-10-8(6-9)2-1-3-11(10)21(19,20)16-7-12(17)15-13(16)18/h1-6H,7H2,(H,15,17,18). The average molecular weight is 369 g/mol. The highest BCUT2D eigenvalue weighted by Gasteiger charge is 2.38. The minimum absolute atomic E-state index is 0.00245. The van der Waals surface area contributed by atoms with Crippen LogP contribution in [-0.2, 0) is 14.8 Å². The van der Waals surface area contributed by atoms with Gasteiger partial charge in [0.15, 0.2) is 0 Å². The van der Waals surface area contributed by atoms with Crippen LogP contribution in [0, 0.1) is 0 Å². The SMILES string of the molecule is O=C1CN(S(=O)(=O)c2cccc3cc(Br)ccc23)C(=O)N1. The third-order valence-electron chi connectivity index (χ3n) is 3.13. The van der Waals surface area contributed by atoms with Gasteiger partial charge in [0, 0.05) is 9.86 Å². The van der Waals surface area contributed by atoms with Crippen molar-refractivity contribution in [2.75, 3.05) is 6.54 Å². The normalized spacial score (nSPS) is 15.6. The first-order chi connectivity index (χ1) is 9.89. The fraction of sp³-hybridized carbons (Fsp3) is 0.0769. The van der Waals surface area contributed by atoms with E-state index in [9.17, 15) is 18.0 Å². The molecule has 0 spiro atoms. The molecule has 1 saturated heterocycles. The van der Waals surface area contributed by atoms with Crippen molar-refractivity contribution in [3.05, 3.63) is 40.9 Å². The van der Waals surface area contributed by atoms with E-state index in [4.69, 9.17) is 0 Å². The summed E-state index contributed by atoms with van der Waals surface area (Å²) in [6.45, 7) is -0.492. The van der Waals surface area contributed by atoms with E-state index in [0.29, 0.717) is 9.69 Å². The number of halogens is 1. The highest BCUT2D eigenvalue weighted by atomic mass is 79.9. The van der Waals surface area contributed by atoms with Crippen LogP contribution in [0.3, 0.4) is 0 Å². The van der Waals surface area contributed by atoms with E-state index >= 15 is 0 Å². The Labute approximate surface area is 128 Å². The number of carbonyl (C=O) groups excluding carboxylic acids is 2. The molecule has 0 aromatic heterocycles. The van der Waals surface area contributed by atoms with Gasteiger partial charge in [-0.3, -0.25) is 10.1 Å². The van der Waals surface area contributed by atoms with Gasteiger partial charge in [0.2, 0.25) is 5.91 Å².